The number of halogens is 1. The van der Waals surface area contributed by atoms with Crippen LogP contribution in [-0.2, 0) is 13.2 Å². The van der Waals surface area contributed by atoms with Crippen LogP contribution in [0.15, 0.2) is 48.5 Å². The van der Waals surface area contributed by atoms with Gasteiger partial charge in [-0.25, -0.2) is 0 Å². The Hall–Kier alpha value is -1.55. The summed E-state index contributed by atoms with van der Waals surface area (Å²) in [6.07, 6.45) is 2.71. The van der Waals surface area contributed by atoms with Gasteiger partial charge in [0, 0.05) is 24.2 Å². The maximum Gasteiger partial charge on any atom is 0.119 e. The Morgan fingerprint density at radius 1 is 0.960 bits per heavy atom. The van der Waals surface area contributed by atoms with Crippen LogP contribution in [0.3, 0.4) is 0 Å². The van der Waals surface area contributed by atoms with E-state index in [0.717, 1.165) is 28.8 Å². The highest BCUT2D eigenvalue weighted by molar-refractivity contribution is 6.30. The molecule has 5 rings (SSSR count). The first-order valence-electron chi connectivity index (χ1n) is 9.18. The smallest absolute Gasteiger partial charge is 0.119 e. The maximum atomic E-state index is 5.90. The second-order valence-corrected chi connectivity index (χ2v) is 7.62. The van der Waals surface area contributed by atoms with Crippen molar-refractivity contribution in [2.24, 2.45) is 5.92 Å². The van der Waals surface area contributed by atoms with Gasteiger partial charge in [0.25, 0.3) is 0 Å². The minimum absolute atomic E-state index is 0.564. The standard InChI is InChI=1S/C21H25ClN2O/c22-19-5-1-17(2-6-19)15-25-20-7-3-16(4-8-20)13-23-21-14-24-11-9-18(21)10-12-24/h1-8,18,21,23H,9-15H2. The summed E-state index contributed by atoms with van der Waals surface area (Å²) in [4.78, 5) is 2.59. The summed E-state index contributed by atoms with van der Waals surface area (Å²) in [5.74, 6) is 1.77. The van der Waals surface area contributed by atoms with Crippen molar-refractivity contribution in [1.82, 2.24) is 10.2 Å². The molecule has 1 atom stereocenters. The highest BCUT2D eigenvalue weighted by atomic mass is 35.5. The summed E-state index contributed by atoms with van der Waals surface area (Å²) in [6, 6.07) is 16.9. The highest BCUT2D eigenvalue weighted by Crippen LogP contribution is 2.27. The van der Waals surface area contributed by atoms with Gasteiger partial charge in [0.15, 0.2) is 0 Å². The molecule has 3 heterocycles. The number of rotatable bonds is 6. The minimum atomic E-state index is 0.564. The van der Waals surface area contributed by atoms with Crippen molar-refractivity contribution >= 4 is 11.6 Å². The number of nitrogens with one attached hydrogen (secondary N) is 1. The minimum Gasteiger partial charge on any atom is -0.489 e. The van der Waals surface area contributed by atoms with Crippen molar-refractivity contribution in [3.63, 3.8) is 0 Å². The molecular formula is C21H25ClN2O. The third-order valence-electron chi connectivity index (χ3n) is 5.47. The first kappa shape index (κ1) is 16.9. The molecule has 0 aliphatic carbocycles. The molecule has 3 fully saturated rings. The molecule has 0 radical (unpaired) electrons. The Morgan fingerprint density at radius 3 is 2.28 bits per heavy atom. The van der Waals surface area contributed by atoms with E-state index >= 15 is 0 Å². The number of hydrogen-bond donors (Lipinski definition) is 1. The van der Waals surface area contributed by atoms with Crippen molar-refractivity contribution < 1.29 is 4.74 Å². The topological polar surface area (TPSA) is 24.5 Å². The van der Waals surface area contributed by atoms with Crippen molar-refractivity contribution in [3.05, 3.63) is 64.7 Å². The molecule has 2 bridgehead atoms. The highest BCUT2D eigenvalue weighted by Gasteiger charge is 2.33. The molecule has 2 aromatic rings. The summed E-state index contributed by atoms with van der Waals surface area (Å²) >= 11 is 5.90. The van der Waals surface area contributed by atoms with Gasteiger partial charge in [0.05, 0.1) is 0 Å². The normalized spacial score (nSPS) is 25.1. The fourth-order valence-corrected chi connectivity index (χ4v) is 4.02. The summed E-state index contributed by atoms with van der Waals surface area (Å²) in [6.45, 7) is 5.30. The fraction of sp³-hybridized carbons (Fsp3) is 0.429. The lowest BCUT2D eigenvalue weighted by atomic mass is 9.84. The van der Waals surface area contributed by atoms with E-state index in [9.17, 15) is 0 Å². The van der Waals surface area contributed by atoms with E-state index in [1.807, 2.05) is 24.3 Å². The molecule has 1 N–H and O–H groups in total. The van der Waals surface area contributed by atoms with E-state index in [1.165, 1.54) is 38.0 Å². The number of ether oxygens (including phenoxy) is 1. The van der Waals surface area contributed by atoms with E-state index in [-0.39, 0.29) is 0 Å². The van der Waals surface area contributed by atoms with Crippen molar-refractivity contribution in [2.45, 2.75) is 32.0 Å². The van der Waals surface area contributed by atoms with Crippen molar-refractivity contribution in [1.29, 1.82) is 0 Å². The molecule has 0 saturated carbocycles. The maximum absolute atomic E-state index is 5.90. The monoisotopic (exact) mass is 356 g/mol. The van der Waals surface area contributed by atoms with Crippen molar-refractivity contribution in [2.75, 3.05) is 19.6 Å². The molecule has 0 aromatic heterocycles. The summed E-state index contributed by atoms with van der Waals surface area (Å²) in [5.41, 5.74) is 2.44. The van der Waals surface area contributed by atoms with E-state index < -0.39 is 0 Å². The molecule has 0 amide bonds. The molecule has 4 heteroatoms. The van der Waals surface area contributed by atoms with Crippen LogP contribution < -0.4 is 10.1 Å². The van der Waals surface area contributed by atoms with Crippen LogP contribution in [0.25, 0.3) is 0 Å². The molecule has 3 saturated heterocycles. The number of fused-ring (bicyclic) bond motifs is 3. The summed E-state index contributed by atoms with van der Waals surface area (Å²) < 4.78 is 5.85. The third kappa shape index (κ3) is 4.35. The Bertz CT molecular complexity index is 678. The first-order valence-corrected chi connectivity index (χ1v) is 9.56. The zero-order valence-corrected chi connectivity index (χ0v) is 15.2. The lowest BCUT2D eigenvalue weighted by Gasteiger charge is -2.45. The fourth-order valence-electron chi connectivity index (χ4n) is 3.90. The summed E-state index contributed by atoms with van der Waals surface area (Å²) in [7, 11) is 0. The van der Waals surface area contributed by atoms with Crippen molar-refractivity contribution in [3.8, 4) is 5.75 Å². The Kier molecular flexibility index (Phi) is 5.25. The lowest BCUT2D eigenvalue weighted by molar-refractivity contribution is 0.0720. The molecule has 25 heavy (non-hydrogen) atoms. The Labute approximate surface area is 154 Å². The molecule has 3 nitrogen and oxygen atoms in total. The molecule has 1 unspecified atom stereocenters. The molecule has 132 valence electrons. The van der Waals surface area contributed by atoms with Crippen LogP contribution >= 0.6 is 11.6 Å². The van der Waals surface area contributed by atoms with Gasteiger partial charge < -0.3 is 15.0 Å². The zero-order valence-electron chi connectivity index (χ0n) is 14.5. The van der Waals surface area contributed by atoms with Crippen LogP contribution in [-0.4, -0.2) is 30.6 Å². The van der Waals surface area contributed by atoms with E-state index in [2.05, 4.69) is 34.5 Å². The van der Waals surface area contributed by atoms with E-state index in [4.69, 9.17) is 16.3 Å². The average molecular weight is 357 g/mol. The SMILES string of the molecule is Clc1ccc(COc2ccc(CNC3CN4CCC3CC4)cc2)cc1. The van der Waals surface area contributed by atoms with Gasteiger partial charge in [-0.15, -0.1) is 0 Å². The van der Waals surface area contributed by atoms with Gasteiger partial charge in [-0.3, -0.25) is 0 Å². The number of piperidine rings is 3. The average Bonchev–Trinajstić information content (AvgIpc) is 2.68. The van der Waals surface area contributed by atoms with E-state index in [0.29, 0.717) is 12.6 Å². The van der Waals surface area contributed by atoms with Crippen LogP contribution in [0.2, 0.25) is 5.02 Å². The molecule has 3 aliphatic rings. The summed E-state index contributed by atoms with van der Waals surface area (Å²) in [5, 5.41) is 4.51. The van der Waals surface area contributed by atoms with Crippen LogP contribution in [0.4, 0.5) is 0 Å². The third-order valence-corrected chi connectivity index (χ3v) is 5.72. The van der Waals surface area contributed by atoms with Gasteiger partial charge >= 0.3 is 0 Å². The second kappa shape index (κ2) is 7.77. The van der Waals surface area contributed by atoms with Gasteiger partial charge in [-0.2, -0.15) is 0 Å². The Morgan fingerprint density at radius 2 is 1.64 bits per heavy atom. The number of nitrogens with zero attached hydrogens (tertiary/aromatic N) is 1. The predicted molar refractivity (Wildman–Crippen MR) is 102 cm³/mol. The van der Waals surface area contributed by atoms with E-state index in [1.54, 1.807) is 0 Å². The molecule has 2 aromatic carbocycles. The van der Waals surface area contributed by atoms with Crippen LogP contribution in [0.1, 0.15) is 24.0 Å². The number of benzene rings is 2. The molecule has 3 aliphatic heterocycles. The van der Waals surface area contributed by atoms with Crippen LogP contribution in [0.5, 0.6) is 5.75 Å². The Balaban J connectivity index is 1.26. The van der Waals surface area contributed by atoms with Gasteiger partial charge in [0.2, 0.25) is 0 Å². The molecular weight excluding hydrogens is 332 g/mol. The number of hydrogen-bond acceptors (Lipinski definition) is 3. The second-order valence-electron chi connectivity index (χ2n) is 7.18. The lowest BCUT2D eigenvalue weighted by Crippen LogP contribution is -2.55. The largest absolute Gasteiger partial charge is 0.489 e. The van der Waals surface area contributed by atoms with Gasteiger partial charge in [-0.1, -0.05) is 35.9 Å². The predicted octanol–water partition coefficient (Wildman–Crippen LogP) is 4.10. The van der Waals surface area contributed by atoms with Crippen LogP contribution in [0, 0.1) is 5.92 Å². The van der Waals surface area contributed by atoms with Gasteiger partial charge in [0.1, 0.15) is 12.4 Å². The quantitative estimate of drug-likeness (QED) is 0.843. The molecule has 0 spiro atoms. The first-order chi connectivity index (χ1) is 12.3. The zero-order chi connectivity index (χ0) is 17.1. The van der Waals surface area contributed by atoms with Gasteiger partial charge in [-0.05, 0) is 67.2 Å².